The Morgan fingerprint density at radius 2 is 1.88 bits per heavy atom. The van der Waals surface area contributed by atoms with Gasteiger partial charge in [0.2, 0.25) is 5.91 Å². The number of aryl methyl sites for hydroxylation is 1. The average Bonchev–Trinajstić information content (AvgIpc) is 3.24. The van der Waals surface area contributed by atoms with Crippen LogP contribution in [0.1, 0.15) is 12.1 Å². The van der Waals surface area contributed by atoms with Gasteiger partial charge in [0.05, 0.1) is 5.69 Å². The van der Waals surface area contributed by atoms with E-state index in [0.29, 0.717) is 17.9 Å². The van der Waals surface area contributed by atoms with E-state index in [1.165, 1.54) is 0 Å². The molecule has 0 saturated carbocycles. The average molecular weight is 382 g/mol. The van der Waals surface area contributed by atoms with Gasteiger partial charge in [-0.2, -0.15) is 0 Å². The van der Waals surface area contributed by atoms with Crippen LogP contribution in [0.4, 0.5) is 5.69 Å². The lowest BCUT2D eigenvalue weighted by Gasteiger charge is -2.05. The van der Waals surface area contributed by atoms with E-state index in [1.807, 2.05) is 36.5 Å². The van der Waals surface area contributed by atoms with Crippen molar-refractivity contribution < 1.29 is 4.79 Å². The minimum absolute atomic E-state index is 0.0185. The maximum atomic E-state index is 12.2. The van der Waals surface area contributed by atoms with E-state index in [9.17, 15) is 4.79 Å². The fourth-order valence-electron chi connectivity index (χ4n) is 2.76. The van der Waals surface area contributed by atoms with Crippen molar-refractivity contribution in [3.63, 3.8) is 0 Å². The molecular formula is C20H16ClN3OS. The van der Waals surface area contributed by atoms with Crippen molar-refractivity contribution in [2.75, 3.05) is 5.32 Å². The second-order valence-electron chi connectivity index (χ2n) is 5.93. The first-order chi connectivity index (χ1) is 12.7. The van der Waals surface area contributed by atoms with Crippen molar-refractivity contribution in [1.29, 1.82) is 0 Å². The highest BCUT2D eigenvalue weighted by Gasteiger charge is 2.11. The standard InChI is InChI=1S/C20H16ClN3OS/c21-15-6-8-16(9-7-15)22-19(25)11-10-17-13-26-20-23-18(12-24(17)20)14-4-2-1-3-5-14/h1-9,12-13H,10-11H2,(H,22,25). The van der Waals surface area contributed by atoms with Gasteiger partial charge in [0.25, 0.3) is 0 Å². The van der Waals surface area contributed by atoms with Crippen LogP contribution in [0, 0.1) is 0 Å². The Kier molecular flexibility index (Phi) is 4.73. The molecule has 130 valence electrons. The molecule has 0 aliphatic heterocycles. The zero-order chi connectivity index (χ0) is 17.9. The summed E-state index contributed by atoms with van der Waals surface area (Å²) in [7, 11) is 0. The summed E-state index contributed by atoms with van der Waals surface area (Å²) >= 11 is 7.45. The number of carbonyl (C=O) groups excluding carboxylic acids is 1. The van der Waals surface area contributed by atoms with Crippen LogP contribution in [0.3, 0.4) is 0 Å². The first-order valence-electron chi connectivity index (χ1n) is 8.25. The summed E-state index contributed by atoms with van der Waals surface area (Å²) in [5, 5.41) is 5.60. The molecular weight excluding hydrogens is 366 g/mol. The van der Waals surface area contributed by atoms with Crippen molar-refractivity contribution in [2.24, 2.45) is 0 Å². The number of aromatic nitrogens is 2. The molecule has 4 aromatic rings. The Morgan fingerprint density at radius 1 is 1.12 bits per heavy atom. The van der Waals surface area contributed by atoms with Crippen molar-refractivity contribution in [3.05, 3.63) is 76.9 Å². The Bertz CT molecular complexity index is 1040. The highest BCUT2D eigenvalue weighted by Crippen LogP contribution is 2.24. The molecule has 26 heavy (non-hydrogen) atoms. The summed E-state index contributed by atoms with van der Waals surface area (Å²) in [4.78, 5) is 17.8. The van der Waals surface area contributed by atoms with Gasteiger partial charge in [-0.25, -0.2) is 4.98 Å². The Labute approximate surface area is 160 Å². The molecule has 1 amide bonds. The zero-order valence-electron chi connectivity index (χ0n) is 13.9. The maximum absolute atomic E-state index is 12.2. The number of halogens is 1. The summed E-state index contributed by atoms with van der Waals surface area (Å²) in [6.07, 6.45) is 3.10. The molecule has 2 heterocycles. The van der Waals surface area contributed by atoms with Crippen LogP contribution in [0.25, 0.3) is 16.2 Å². The smallest absolute Gasteiger partial charge is 0.224 e. The molecule has 0 aliphatic carbocycles. The number of imidazole rings is 1. The SMILES string of the molecule is O=C(CCc1csc2nc(-c3ccccc3)cn12)Nc1ccc(Cl)cc1. The van der Waals surface area contributed by atoms with Crippen molar-refractivity contribution >= 4 is 39.5 Å². The summed E-state index contributed by atoms with van der Waals surface area (Å²) in [6, 6.07) is 17.2. The fourth-order valence-corrected chi connectivity index (χ4v) is 3.79. The van der Waals surface area contributed by atoms with Gasteiger partial charge < -0.3 is 5.32 Å². The predicted octanol–water partition coefficient (Wildman–Crippen LogP) is 5.29. The maximum Gasteiger partial charge on any atom is 0.224 e. The Balaban J connectivity index is 1.45. The van der Waals surface area contributed by atoms with Gasteiger partial charge in [-0.05, 0) is 30.7 Å². The lowest BCUT2D eigenvalue weighted by atomic mass is 10.2. The number of carbonyl (C=O) groups is 1. The third-order valence-corrected chi connectivity index (χ3v) is 5.23. The van der Waals surface area contributed by atoms with E-state index in [4.69, 9.17) is 11.6 Å². The quantitative estimate of drug-likeness (QED) is 0.510. The van der Waals surface area contributed by atoms with E-state index >= 15 is 0 Å². The van der Waals surface area contributed by atoms with E-state index in [1.54, 1.807) is 35.6 Å². The Hall–Kier alpha value is -2.63. The van der Waals surface area contributed by atoms with Crippen LogP contribution in [-0.4, -0.2) is 15.3 Å². The number of nitrogens with one attached hydrogen (secondary N) is 1. The summed E-state index contributed by atoms with van der Waals surface area (Å²) in [6.45, 7) is 0. The van der Waals surface area contributed by atoms with Crippen LogP contribution in [0.2, 0.25) is 5.02 Å². The van der Waals surface area contributed by atoms with Crippen molar-refractivity contribution in [3.8, 4) is 11.3 Å². The molecule has 4 rings (SSSR count). The predicted molar refractivity (Wildman–Crippen MR) is 107 cm³/mol. The number of nitrogens with zero attached hydrogens (tertiary/aromatic N) is 2. The number of benzene rings is 2. The van der Waals surface area contributed by atoms with E-state index < -0.39 is 0 Å². The summed E-state index contributed by atoms with van der Waals surface area (Å²) in [5.74, 6) is -0.0185. The van der Waals surface area contributed by atoms with Gasteiger partial charge in [0.15, 0.2) is 4.96 Å². The highest BCUT2D eigenvalue weighted by molar-refractivity contribution is 7.15. The molecule has 4 nitrogen and oxygen atoms in total. The second kappa shape index (κ2) is 7.32. The second-order valence-corrected chi connectivity index (χ2v) is 7.20. The van der Waals surface area contributed by atoms with Crippen molar-refractivity contribution in [1.82, 2.24) is 9.38 Å². The zero-order valence-corrected chi connectivity index (χ0v) is 15.4. The fraction of sp³-hybridized carbons (Fsp3) is 0.100. The van der Waals surface area contributed by atoms with Gasteiger partial charge in [-0.1, -0.05) is 41.9 Å². The minimum atomic E-state index is -0.0185. The van der Waals surface area contributed by atoms with Crippen LogP contribution in [-0.2, 0) is 11.2 Å². The lowest BCUT2D eigenvalue weighted by Crippen LogP contribution is -2.12. The monoisotopic (exact) mass is 381 g/mol. The van der Waals surface area contributed by atoms with E-state index in [2.05, 4.69) is 20.1 Å². The third-order valence-electron chi connectivity index (χ3n) is 4.09. The highest BCUT2D eigenvalue weighted by atomic mass is 35.5. The summed E-state index contributed by atoms with van der Waals surface area (Å²) in [5.41, 5.74) is 3.88. The normalized spacial score (nSPS) is 11.0. The molecule has 0 spiro atoms. The first-order valence-corrected chi connectivity index (χ1v) is 9.51. The van der Waals surface area contributed by atoms with Crippen LogP contribution < -0.4 is 5.32 Å². The number of anilines is 1. The molecule has 0 atom stereocenters. The molecule has 1 N–H and O–H groups in total. The number of rotatable bonds is 5. The molecule has 6 heteroatoms. The first kappa shape index (κ1) is 16.8. The van der Waals surface area contributed by atoms with Gasteiger partial charge >= 0.3 is 0 Å². The molecule has 0 unspecified atom stereocenters. The number of thiazole rings is 1. The molecule has 0 saturated heterocycles. The van der Waals surface area contributed by atoms with Gasteiger partial charge in [-0.15, -0.1) is 11.3 Å². The molecule has 2 aromatic carbocycles. The van der Waals surface area contributed by atoms with Gasteiger partial charge in [0.1, 0.15) is 0 Å². The topological polar surface area (TPSA) is 46.4 Å². The van der Waals surface area contributed by atoms with Crippen molar-refractivity contribution in [2.45, 2.75) is 12.8 Å². The largest absolute Gasteiger partial charge is 0.326 e. The molecule has 0 fully saturated rings. The lowest BCUT2D eigenvalue weighted by molar-refractivity contribution is -0.116. The number of amides is 1. The molecule has 0 radical (unpaired) electrons. The molecule has 0 bridgehead atoms. The van der Waals surface area contributed by atoms with Gasteiger partial charge in [-0.3, -0.25) is 9.20 Å². The van der Waals surface area contributed by atoms with E-state index in [0.717, 1.165) is 27.6 Å². The number of hydrogen-bond acceptors (Lipinski definition) is 3. The van der Waals surface area contributed by atoms with Crippen LogP contribution >= 0.6 is 22.9 Å². The third kappa shape index (κ3) is 3.64. The van der Waals surface area contributed by atoms with Crippen LogP contribution in [0.15, 0.2) is 66.2 Å². The molecule has 2 aromatic heterocycles. The summed E-state index contributed by atoms with van der Waals surface area (Å²) < 4.78 is 2.07. The minimum Gasteiger partial charge on any atom is -0.326 e. The molecule has 0 aliphatic rings. The van der Waals surface area contributed by atoms with E-state index in [-0.39, 0.29) is 5.91 Å². The number of hydrogen-bond donors (Lipinski definition) is 1. The van der Waals surface area contributed by atoms with Crippen LogP contribution in [0.5, 0.6) is 0 Å². The van der Waals surface area contributed by atoms with Gasteiger partial charge in [0, 0.05) is 40.0 Å². The Morgan fingerprint density at radius 3 is 2.65 bits per heavy atom. The number of fused-ring (bicyclic) bond motifs is 1.